The summed E-state index contributed by atoms with van der Waals surface area (Å²) in [5, 5.41) is 12.3. The van der Waals surface area contributed by atoms with Crippen molar-refractivity contribution in [2.24, 2.45) is 0 Å². The second-order valence-electron chi connectivity index (χ2n) is 4.63. The number of rotatable bonds is 6. The zero-order valence-electron chi connectivity index (χ0n) is 11.5. The molecule has 0 saturated heterocycles. The molecule has 2 rings (SSSR count). The Morgan fingerprint density at radius 2 is 2.11 bits per heavy atom. The number of hydrogen-bond donors (Lipinski definition) is 1. The molecule has 4 nitrogen and oxygen atoms in total. The molecule has 0 aliphatic rings. The lowest BCUT2D eigenvalue weighted by Gasteiger charge is -2.15. The second-order valence-corrected chi connectivity index (χ2v) is 4.63. The monoisotopic (exact) mass is 256 g/mol. The summed E-state index contributed by atoms with van der Waals surface area (Å²) in [6, 6.07) is 9.97. The first-order valence-corrected chi connectivity index (χ1v) is 6.59. The Labute approximate surface area is 114 Å². The van der Waals surface area contributed by atoms with Crippen LogP contribution >= 0.6 is 0 Å². The van der Waals surface area contributed by atoms with Crippen molar-refractivity contribution in [1.29, 1.82) is 0 Å². The Kier molecular flexibility index (Phi) is 4.47. The van der Waals surface area contributed by atoms with E-state index in [0.29, 0.717) is 0 Å². The first-order chi connectivity index (χ1) is 9.22. The van der Waals surface area contributed by atoms with Crippen LogP contribution in [0.4, 0.5) is 0 Å². The van der Waals surface area contributed by atoms with E-state index in [2.05, 4.69) is 29.0 Å². The van der Waals surface area contributed by atoms with Crippen LogP contribution in [0.2, 0.25) is 0 Å². The van der Waals surface area contributed by atoms with E-state index in [1.807, 2.05) is 37.3 Å². The van der Waals surface area contributed by atoms with E-state index in [-0.39, 0.29) is 6.04 Å². The third kappa shape index (κ3) is 3.29. The Morgan fingerprint density at radius 3 is 2.74 bits per heavy atom. The van der Waals surface area contributed by atoms with Crippen molar-refractivity contribution in [2.75, 3.05) is 6.54 Å². The summed E-state index contributed by atoms with van der Waals surface area (Å²) in [5.74, 6) is 0. The van der Waals surface area contributed by atoms with Gasteiger partial charge in [-0.05, 0) is 32.0 Å². The second kappa shape index (κ2) is 6.29. The normalized spacial score (nSPS) is 12.3. The molecule has 0 fully saturated rings. The average Bonchev–Trinajstić information content (AvgIpc) is 2.89. The van der Waals surface area contributed by atoms with E-state index in [1.165, 1.54) is 0 Å². The van der Waals surface area contributed by atoms with Crippen molar-refractivity contribution in [2.45, 2.75) is 26.3 Å². The molecule has 1 aromatic heterocycles. The van der Waals surface area contributed by atoms with Crippen molar-refractivity contribution in [3.8, 4) is 5.69 Å². The number of hydrogen-bond acceptors (Lipinski definition) is 3. The minimum absolute atomic E-state index is 0.0670. The first-order valence-electron chi connectivity index (χ1n) is 6.59. The molecule has 1 unspecified atom stereocenters. The van der Waals surface area contributed by atoms with Crippen LogP contribution in [0.15, 0.2) is 48.7 Å². The van der Waals surface area contributed by atoms with E-state index in [0.717, 1.165) is 29.9 Å². The maximum Gasteiger partial charge on any atom is 0.104 e. The highest BCUT2D eigenvalue weighted by atomic mass is 15.5. The third-order valence-corrected chi connectivity index (χ3v) is 2.88. The van der Waals surface area contributed by atoms with Gasteiger partial charge in [0.15, 0.2) is 0 Å². The fourth-order valence-electron chi connectivity index (χ4n) is 1.91. The largest absolute Gasteiger partial charge is 0.305 e. The van der Waals surface area contributed by atoms with Gasteiger partial charge in [0.1, 0.15) is 5.69 Å². The molecule has 0 aliphatic carbocycles. The number of benzene rings is 1. The van der Waals surface area contributed by atoms with Gasteiger partial charge in [-0.1, -0.05) is 37.3 Å². The Hall–Kier alpha value is -1.94. The maximum atomic E-state index is 4.54. The summed E-state index contributed by atoms with van der Waals surface area (Å²) in [6.45, 7) is 9.12. The Balaban J connectivity index is 2.21. The molecule has 0 amide bonds. The van der Waals surface area contributed by atoms with Crippen LogP contribution in [0.25, 0.3) is 5.69 Å². The fourth-order valence-corrected chi connectivity index (χ4v) is 1.91. The Bertz CT molecular complexity index is 530. The fraction of sp³-hybridized carbons (Fsp3) is 0.333. The topological polar surface area (TPSA) is 42.7 Å². The van der Waals surface area contributed by atoms with Crippen LogP contribution in [0.1, 0.15) is 32.0 Å². The van der Waals surface area contributed by atoms with Crippen LogP contribution < -0.4 is 5.32 Å². The van der Waals surface area contributed by atoms with Gasteiger partial charge in [-0.3, -0.25) is 0 Å². The highest BCUT2D eigenvalue weighted by Crippen LogP contribution is 2.18. The van der Waals surface area contributed by atoms with Gasteiger partial charge in [0.05, 0.1) is 17.9 Å². The van der Waals surface area contributed by atoms with Crippen molar-refractivity contribution in [3.63, 3.8) is 0 Å². The maximum absolute atomic E-state index is 4.54. The lowest BCUT2D eigenvalue weighted by atomic mass is 10.1. The van der Waals surface area contributed by atoms with E-state index in [9.17, 15) is 0 Å². The lowest BCUT2D eigenvalue weighted by Crippen LogP contribution is -2.23. The molecule has 0 spiro atoms. The number of aromatic nitrogens is 3. The van der Waals surface area contributed by atoms with E-state index in [1.54, 1.807) is 11.0 Å². The SMILES string of the molecule is C=C(C)C(NCCC)c1cnn(-c2ccccc2)n1. The van der Waals surface area contributed by atoms with Gasteiger partial charge in [-0.2, -0.15) is 15.0 Å². The van der Waals surface area contributed by atoms with Crippen molar-refractivity contribution < 1.29 is 0 Å². The Morgan fingerprint density at radius 1 is 1.37 bits per heavy atom. The van der Waals surface area contributed by atoms with E-state index >= 15 is 0 Å². The highest BCUT2D eigenvalue weighted by Gasteiger charge is 2.15. The molecule has 2 aromatic rings. The van der Waals surface area contributed by atoms with E-state index in [4.69, 9.17) is 0 Å². The first kappa shape index (κ1) is 13.5. The summed E-state index contributed by atoms with van der Waals surface area (Å²) in [6.07, 6.45) is 2.88. The molecule has 19 heavy (non-hydrogen) atoms. The van der Waals surface area contributed by atoms with Gasteiger partial charge in [0.2, 0.25) is 0 Å². The minimum Gasteiger partial charge on any atom is -0.305 e. The van der Waals surface area contributed by atoms with Crippen LogP contribution in [0, 0.1) is 0 Å². The van der Waals surface area contributed by atoms with Crippen LogP contribution in [-0.2, 0) is 0 Å². The molecule has 1 N–H and O–H groups in total. The summed E-state index contributed by atoms with van der Waals surface area (Å²) in [5.41, 5.74) is 2.92. The van der Waals surface area contributed by atoms with Crippen LogP contribution in [-0.4, -0.2) is 21.5 Å². The van der Waals surface area contributed by atoms with Gasteiger partial charge in [-0.25, -0.2) is 0 Å². The molecule has 4 heteroatoms. The van der Waals surface area contributed by atoms with Crippen molar-refractivity contribution in [3.05, 3.63) is 54.4 Å². The predicted octanol–water partition coefficient (Wildman–Crippen LogP) is 2.88. The molecule has 1 aromatic carbocycles. The smallest absolute Gasteiger partial charge is 0.104 e. The molecular formula is C15H20N4. The summed E-state index contributed by atoms with van der Waals surface area (Å²) in [4.78, 5) is 1.65. The van der Waals surface area contributed by atoms with Crippen molar-refractivity contribution in [1.82, 2.24) is 20.3 Å². The number of para-hydroxylation sites is 1. The van der Waals surface area contributed by atoms with Gasteiger partial charge < -0.3 is 5.32 Å². The molecule has 0 aliphatic heterocycles. The minimum atomic E-state index is 0.0670. The molecule has 0 radical (unpaired) electrons. The molecule has 100 valence electrons. The zero-order chi connectivity index (χ0) is 13.7. The number of nitrogens with zero attached hydrogens (tertiary/aromatic N) is 3. The van der Waals surface area contributed by atoms with Crippen molar-refractivity contribution >= 4 is 0 Å². The number of nitrogens with one attached hydrogen (secondary N) is 1. The predicted molar refractivity (Wildman–Crippen MR) is 77.2 cm³/mol. The van der Waals surface area contributed by atoms with Gasteiger partial charge >= 0.3 is 0 Å². The van der Waals surface area contributed by atoms with E-state index < -0.39 is 0 Å². The lowest BCUT2D eigenvalue weighted by molar-refractivity contribution is 0.572. The quantitative estimate of drug-likeness (QED) is 0.808. The highest BCUT2D eigenvalue weighted by molar-refractivity contribution is 5.29. The summed E-state index contributed by atoms with van der Waals surface area (Å²) < 4.78 is 0. The molecule has 1 atom stereocenters. The van der Waals surface area contributed by atoms with Gasteiger partial charge in [0.25, 0.3) is 0 Å². The standard InChI is InChI=1S/C15H20N4/c1-4-10-16-15(12(2)3)14-11-17-19(18-14)13-8-6-5-7-9-13/h5-9,11,15-16H,2,4,10H2,1,3H3. The zero-order valence-corrected chi connectivity index (χ0v) is 11.5. The molecule has 0 bridgehead atoms. The molecule has 0 saturated carbocycles. The average molecular weight is 256 g/mol. The van der Waals surface area contributed by atoms with Gasteiger partial charge in [-0.15, -0.1) is 0 Å². The molecule has 1 heterocycles. The van der Waals surface area contributed by atoms with Gasteiger partial charge in [0, 0.05) is 0 Å². The molecular weight excluding hydrogens is 236 g/mol. The van der Waals surface area contributed by atoms with Crippen LogP contribution in [0.5, 0.6) is 0 Å². The summed E-state index contributed by atoms with van der Waals surface area (Å²) >= 11 is 0. The third-order valence-electron chi connectivity index (χ3n) is 2.88. The van der Waals surface area contributed by atoms with Crippen LogP contribution in [0.3, 0.4) is 0 Å². The summed E-state index contributed by atoms with van der Waals surface area (Å²) in [7, 11) is 0.